The molecule has 2 rings (SSSR count). The monoisotopic (exact) mass is 212 g/mol. The maximum atomic E-state index is 12.7. The average Bonchev–Trinajstić information content (AvgIpc) is 2.74. The van der Waals surface area contributed by atoms with Gasteiger partial charge in [0.2, 0.25) is 0 Å². The molecule has 1 aromatic rings. The van der Waals surface area contributed by atoms with E-state index in [9.17, 15) is 8.78 Å². The molecule has 1 heterocycles. The molecule has 1 aromatic heterocycles. The zero-order valence-electron chi connectivity index (χ0n) is 7.80. The number of rotatable bonds is 2. The fourth-order valence-corrected chi connectivity index (χ4v) is 1.43. The highest BCUT2D eigenvalue weighted by Crippen LogP contribution is 2.50. The van der Waals surface area contributed by atoms with Crippen LogP contribution in [0.1, 0.15) is 12.0 Å². The molecule has 1 aliphatic rings. The van der Waals surface area contributed by atoms with Crippen LogP contribution >= 0.6 is 0 Å². The second-order valence-corrected chi connectivity index (χ2v) is 3.63. The highest BCUT2D eigenvalue weighted by atomic mass is 19.3. The fraction of sp³-hybridized carbons (Fsp3) is 0.333. The molecule has 1 fully saturated rings. The standard InChI is InChI=1S/C9H10F2N4/c10-9(11)2-5(9)8(14)4-3-15-7(13)1-6(4)12/h1,3,5,14H,2H2,(H4,12,13,15). The summed E-state index contributed by atoms with van der Waals surface area (Å²) in [5.41, 5.74) is 11.2. The molecule has 0 saturated heterocycles. The molecule has 0 spiro atoms. The number of nitrogens with two attached hydrogens (primary N) is 2. The van der Waals surface area contributed by atoms with Crippen LogP contribution in [-0.4, -0.2) is 16.6 Å². The Balaban J connectivity index is 2.27. The van der Waals surface area contributed by atoms with Crippen molar-refractivity contribution in [3.63, 3.8) is 0 Å². The van der Waals surface area contributed by atoms with E-state index >= 15 is 0 Å². The van der Waals surface area contributed by atoms with Gasteiger partial charge in [0.15, 0.2) is 0 Å². The van der Waals surface area contributed by atoms with E-state index in [2.05, 4.69) is 4.98 Å². The summed E-state index contributed by atoms with van der Waals surface area (Å²) in [7, 11) is 0. The molecule has 1 atom stereocenters. The molecule has 0 aliphatic heterocycles. The molecule has 0 radical (unpaired) electrons. The van der Waals surface area contributed by atoms with Crippen LogP contribution in [0.2, 0.25) is 0 Å². The zero-order chi connectivity index (χ0) is 11.2. The number of hydrogen-bond donors (Lipinski definition) is 3. The third-order valence-corrected chi connectivity index (χ3v) is 2.42. The van der Waals surface area contributed by atoms with Gasteiger partial charge in [0, 0.05) is 29.9 Å². The lowest BCUT2D eigenvalue weighted by molar-refractivity contribution is 0.110. The van der Waals surface area contributed by atoms with Gasteiger partial charge in [-0.2, -0.15) is 0 Å². The van der Waals surface area contributed by atoms with E-state index in [0.717, 1.165) is 0 Å². The van der Waals surface area contributed by atoms with Gasteiger partial charge < -0.3 is 16.9 Å². The number of pyridine rings is 1. The largest absolute Gasteiger partial charge is 0.398 e. The highest BCUT2D eigenvalue weighted by molar-refractivity contribution is 6.06. The van der Waals surface area contributed by atoms with Gasteiger partial charge in [-0.25, -0.2) is 13.8 Å². The summed E-state index contributed by atoms with van der Waals surface area (Å²) in [6.45, 7) is 0. The number of nitrogen functional groups attached to an aromatic ring is 2. The minimum atomic E-state index is -2.76. The average molecular weight is 212 g/mol. The van der Waals surface area contributed by atoms with Gasteiger partial charge in [0.25, 0.3) is 5.92 Å². The number of nitrogens with zero attached hydrogens (tertiary/aromatic N) is 1. The third kappa shape index (κ3) is 1.62. The normalized spacial score (nSPS) is 22.4. The van der Waals surface area contributed by atoms with Crippen molar-refractivity contribution in [2.24, 2.45) is 5.92 Å². The van der Waals surface area contributed by atoms with E-state index in [1.54, 1.807) is 0 Å². The van der Waals surface area contributed by atoms with Gasteiger partial charge in [-0.05, 0) is 0 Å². The summed E-state index contributed by atoms with van der Waals surface area (Å²) in [5.74, 6) is -3.57. The molecule has 0 bridgehead atoms. The topological polar surface area (TPSA) is 88.8 Å². The Kier molecular flexibility index (Phi) is 1.89. The van der Waals surface area contributed by atoms with E-state index in [1.165, 1.54) is 12.3 Å². The predicted molar refractivity (Wildman–Crippen MR) is 52.9 cm³/mol. The summed E-state index contributed by atoms with van der Waals surface area (Å²) >= 11 is 0. The molecule has 1 aliphatic carbocycles. The lowest BCUT2D eigenvalue weighted by Gasteiger charge is -2.06. The van der Waals surface area contributed by atoms with Crippen LogP contribution in [0.5, 0.6) is 0 Å². The minimum absolute atomic E-state index is 0.162. The van der Waals surface area contributed by atoms with Crippen molar-refractivity contribution in [1.29, 1.82) is 5.41 Å². The molecule has 4 nitrogen and oxygen atoms in total. The Morgan fingerprint density at radius 1 is 1.53 bits per heavy atom. The molecule has 0 aromatic carbocycles. The Morgan fingerprint density at radius 3 is 2.60 bits per heavy atom. The van der Waals surface area contributed by atoms with Crippen LogP contribution in [0, 0.1) is 11.3 Å². The van der Waals surface area contributed by atoms with Crippen molar-refractivity contribution >= 4 is 17.2 Å². The zero-order valence-corrected chi connectivity index (χ0v) is 7.80. The molecule has 6 heteroatoms. The SMILES string of the molecule is N=C(c1cnc(N)cc1N)C1CC1(F)F. The molecule has 0 amide bonds. The first-order chi connectivity index (χ1) is 6.92. The van der Waals surface area contributed by atoms with Crippen molar-refractivity contribution in [3.05, 3.63) is 17.8 Å². The third-order valence-electron chi connectivity index (χ3n) is 2.42. The quantitative estimate of drug-likeness (QED) is 0.645. The fourth-order valence-electron chi connectivity index (χ4n) is 1.43. The number of nitrogens with one attached hydrogen (secondary N) is 1. The summed E-state index contributed by atoms with van der Waals surface area (Å²) in [4.78, 5) is 3.73. The molecule has 1 unspecified atom stereocenters. The summed E-state index contributed by atoms with van der Waals surface area (Å²) in [6.07, 6.45) is 0.983. The first-order valence-electron chi connectivity index (χ1n) is 4.39. The van der Waals surface area contributed by atoms with Gasteiger partial charge in [0.05, 0.1) is 11.6 Å². The van der Waals surface area contributed by atoms with Gasteiger partial charge in [-0.15, -0.1) is 0 Å². The molecule has 5 N–H and O–H groups in total. The Labute approximate surface area is 84.8 Å². The van der Waals surface area contributed by atoms with Crippen molar-refractivity contribution in [2.45, 2.75) is 12.3 Å². The van der Waals surface area contributed by atoms with Crippen LogP contribution in [-0.2, 0) is 0 Å². The lowest BCUT2D eigenvalue weighted by Crippen LogP contribution is -2.11. The summed E-state index contributed by atoms with van der Waals surface area (Å²) < 4.78 is 25.4. The Bertz CT molecular complexity index is 430. The minimum Gasteiger partial charge on any atom is -0.398 e. The second kappa shape index (κ2) is 2.88. The number of halogens is 2. The van der Waals surface area contributed by atoms with Gasteiger partial charge in [-0.3, -0.25) is 0 Å². The van der Waals surface area contributed by atoms with Crippen LogP contribution < -0.4 is 11.5 Å². The van der Waals surface area contributed by atoms with Gasteiger partial charge >= 0.3 is 0 Å². The van der Waals surface area contributed by atoms with Crippen LogP contribution in [0.15, 0.2) is 12.3 Å². The number of alkyl halides is 2. The number of anilines is 2. The predicted octanol–water partition coefficient (Wildman–Crippen LogP) is 1.27. The maximum absolute atomic E-state index is 12.7. The van der Waals surface area contributed by atoms with E-state index in [4.69, 9.17) is 16.9 Å². The van der Waals surface area contributed by atoms with Crippen LogP contribution in [0.4, 0.5) is 20.3 Å². The summed E-state index contributed by atoms with van der Waals surface area (Å²) in [6, 6.07) is 1.37. The molecular weight excluding hydrogens is 202 g/mol. The van der Waals surface area contributed by atoms with Crippen LogP contribution in [0.25, 0.3) is 0 Å². The second-order valence-electron chi connectivity index (χ2n) is 3.63. The molecule has 1 saturated carbocycles. The van der Waals surface area contributed by atoms with Crippen molar-refractivity contribution in [2.75, 3.05) is 11.5 Å². The van der Waals surface area contributed by atoms with E-state index < -0.39 is 11.8 Å². The smallest absolute Gasteiger partial charge is 0.257 e. The van der Waals surface area contributed by atoms with Gasteiger partial charge in [0.1, 0.15) is 5.82 Å². The molecule has 15 heavy (non-hydrogen) atoms. The lowest BCUT2D eigenvalue weighted by atomic mass is 10.1. The van der Waals surface area contributed by atoms with Crippen molar-refractivity contribution in [3.8, 4) is 0 Å². The summed E-state index contributed by atoms with van der Waals surface area (Å²) in [5, 5.41) is 7.57. The van der Waals surface area contributed by atoms with E-state index in [1.807, 2.05) is 0 Å². The van der Waals surface area contributed by atoms with Crippen molar-refractivity contribution < 1.29 is 8.78 Å². The molecule has 80 valence electrons. The van der Waals surface area contributed by atoms with Gasteiger partial charge in [-0.1, -0.05) is 0 Å². The van der Waals surface area contributed by atoms with E-state index in [-0.39, 0.29) is 29.2 Å². The highest BCUT2D eigenvalue weighted by Gasteiger charge is 2.59. The van der Waals surface area contributed by atoms with Crippen LogP contribution in [0.3, 0.4) is 0 Å². The first kappa shape index (κ1) is 9.82. The Morgan fingerprint density at radius 2 is 2.13 bits per heavy atom. The molecular formula is C9H10F2N4. The first-order valence-corrected chi connectivity index (χ1v) is 4.39. The van der Waals surface area contributed by atoms with Crippen molar-refractivity contribution in [1.82, 2.24) is 4.98 Å². The Hall–Kier alpha value is -1.72. The number of aromatic nitrogens is 1. The number of hydrogen-bond acceptors (Lipinski definition) is 4. The van der Waals surface area contributed by atoms with E-state index in [0.29, 0.717) is 0 Å². The maximum Gasteiger partial charge on any atom is 0.257 e.